The van der Waals surface area contributed by atoms with E-state index in [0.717, 1.165) is 10.0 Å². The van der Waals surface area contributed by atoms with Crippen molar-refractivity contribution in [2.45, 2.75) is 13.0 Å². The predicted molar refractivity (Wildman–Crippen MR) is 83.4 cm³/mol. The third kappa shape index (κ3) is 3.70. The van der Waals surface area contributed by atoms with Gasteiger partial charge in [0.1, 0.15) is 0 Å². The zero-order valence-electron chi connectivity index (χ0n) is 11.3. The SMILES string of the molecule is CC(NC(=O)c1ccccc1C(=O)O)c1ccc(Br)cc1. The van der Waals surface area contributed by atoms with Crippen LogP contribution in [0.2, 0.25) is 0 Å². The number of carbonyl (C=O) groups is 2. The molecule has 0 aromatic heterocycles. The number of hydrogen-bond acceptors (Lipinski definition) is 2. The van der Waals surface area contributed by atoms with Crippen molar-refractivity contribution in [2.24, 2.45) is 0 Å². The molecule has 2 rings (SSSR count). The van der Waals surface area contributed by atoms with Crippen LogP contribution in [0.5, 0.6) is 0 Å². The molecule has 2 N–H and O–H groups in total. The van der Waals surface area contributed by atoms with Gasteiger partial charge in [0.05, 0.1) is 17.2 Å². The lowest BCUT2D eigenvalue weighted by molar-refractivity contribution is 0.0690. The van der Waals surface area contributed by atoms with E-state index < -0.39 is 11.9 Å². The molecule has 0 fully saturated rings. The molecule has 1 unspecified atom stereocenters. The summed E-state index contributed by atoms with van der Waals surface area (Å²) in [5.41, 5.74) is 1.10. The van der Waals surface area contributed by atoms with Gasteiger partial charge in [-0.1, -0.05) is 40.2 Å². The summed E-state index contributed by atoms with van der Waals surface area (Å²) in [6.07, 6.45) is 0. The highest BCUT2D eigenvalue weighted by atomic mass is 79.9. The Morgan fingerprint density at radius 3 is 2.19 bits per heavy atom. The molecule has 0 spiro atoms. The summed E-state index contributed by atoms with van der Waals surface area (Å²) in [7, 11) is 0. The second kappa shape index (κ2) is 6.54. The van der Waals surface area contributed by atoms with Crippen LogP contribution in [0, 0.1) is 0 Å². The van der Waals surface area contributed by atoms with Crippen LogP contribution in [-0.2, 0) is 0 Å². The minimum Gasteiger partial charge on any atom is -0.478 e. The summed E-state index contributed by atoms with van der Waals surface area (Å²) in [6, 6.07) is 13.5. The first-order valence-corrected chi connectivity index (χ1v) is 7.17. The van der Waals surface area contributed by atoms with E-state index in [1.54, 1.807) is 12.1 Å². The molecule has 0 radical (unpaired) electrons. The second-order valence-electron chi connectivity index (χ2n) is 4.60. The van der Waals surface area contributed by atoms with E-state index in [2.05, 4.69) is 21.2 Å². The predicted octanol–water partition coefficient (Wildman–Crippen LogP) is 3.64. The zero-order chi connectivity index (χ0) is 15.4. The highest BCUT2D eigenvalue weighted by molar-refractivity contribution is 9.10. The molecule has 0 aliphatic rings. The third-order valence-electron chi connectivity index (χ3n) is 3.12. The molecule has 2 aromatic carbocycles. The molecule has 4 nitrogen and oxygen atoms in total. The lowest BCUT2D eigenvalue weighted by atomic mass is 10.0. The van der Waals surface area contributed by atoms with Crippen molar-refractivity contribution < 1.29 is 14.7 Å². The molecule has 0 aliphatic carbocycles. The summed E-state index contributed by atoms with van der Waals surface area (Å²) in [5.74, 6) is -1.51. The van der Waals surface area contributed by atoms with Crippen LogP contribution >= 0.6 is 15.9 Å². The van der Waals surface area contributed by atoms with E-state index in [1.165, 1.54) is 12.1 Å². The van der Waals surface area contributed by atoms with Gasteiger partial charge in [0.2, 0.25) is 0 Å². The molecule has 21 heavy (non-hydrogen) atoms. The molecule has 1 amide bonds. The molecule has 108 valence electrons. The number of amides is 1. The van der Waals surface area contributed by atoms with Crippen molar-refractivity contribution in [3.63, 3.8) is 0 Å². The minimum atomic E-state index is -1.11. The van der Waals surface area contributed by atoms with Gasteiger partial charge in [-0.05, 0) is 36.8 Å². The van der Waals surface area contributed by atoms with E-state index in [0.29, 0.717) is 0 Å². The quantitative estimate of drug-likeness (QED) is 0.887. The number of nitrogens with one attached hydrogen (secondary N) is 1. The van der Waals surface area contributed by atoms with Gasteiger partial charge in [0.15, 0.2) is 0 Å². The zero-order valence-corrected chi connectivity index (χ0v) is 12.9. The summed E-state index contributed by atoms with van der Waals surface area (Å²) >= 11 is 3.35. The summed E-state index contributed by atoms with van der Waals surface area (Å²) in [5, 5.41) is 11.9. The Hall–Kier alpha value is -2.14. The Labute approximate surface area is 130 Å². The first-order valence-electron chi connectivity index (χ1n) is 6.37. The highest BCUT2D eigenvalue weighted by Gasteiger charge is 2.17. The molecule has 0 saturated carbocycles. The van der Waals surface area contributed by atoms with Gasteiger partial charge >= 0.3 is 5.97 Å². The number of benzene rings is 2. The molecule has 0 aliphatic heterocycles. The Morgan fingerprint density at radius 1 is 1.05 bits per heavy atom. The van der Waals surface area contributed by atoms with Crippen LogP contribution in [0.25, 0.3) is 0 Å². The van der Waals surface area contributed by atoms with Crippen molar-refractivity contribution in [3.8, 4) is 0 Å². The highest BCUT2D eigenvalue weighted by Crippen LogP contribution is 2.17. The fourth-order valence-electron chi connectivity index (χ4n) is 1.98. The van der Waals surface area contributed by atoms with Crippen molar-refractivity contribution in [1.29, 1.82) is 0 Å². The Bertz CT molecular complexity index is 667. The first kappa shape index (κ1) is 15.3. The number of carboxylic acid groups (broad SMARTS) is 1. The smallest absolute Gasteiger partial charge is 0.336 e. The van der Waals surface area contributed by atoms with Gasteiger partial charge in [0.25, 0.3) is 5.91 Å². The average molecular weight is 348 g/mol. The maximum Gasteiger partial charge on any atom is 0.336 e. The molecule has 1 atom stereocenters. The van der Waals surface area contributed by atoms with E-state index in [-0.39, 0.29) is 17.2 Å². The largest absolute Gasteiger partial charge is 0.478 e. The van der Waals surface area contributed by atoms with Crippen molar-refractivity contribution in [2.75, 3.05) is 0 Å². The van der Waals surface area contributed by atoms with Gasteiger partial charge in [-0.3, -0.25) is 4.79 Å². The second-order valence-corrected chi connectivity index (χ2v) is 5.51. The van der Waals surface area contributed by atoms with E-state index >= 15 is 0 Å². The Kier molecular flexibility index (Phi) is 4.75. The molecule has 5 heteroatoms. The minimum absolute atomic E-state index is 0.00185. The lowest BCUT2D eigenvalue weighted by Crippen LogP contribution is -2.28. The fraction of sp³-hybridized carbons (Fsp3) is 0.125. The van der Waals surface area contributed by atoms with Crippen LogP contribution < -0.4 is 5.32 Å². The van der Waals surface area contributed by atoms with E-state index in [1.807, 2.05) is 31.2 Å². The average Bonchev–Trinajstić information content (AvgIpc) is 2.47. The van der Waals surface area contributed by atoms with E-state index in [4.69, 9.17) is 5.11 Å². The van der Waals surface area contributed by atoms with Crippen LogP contribution in [-0.4, -0.2) is 17.0 Å². The van der Waals surface area contributed by atoms with Gasteiger partial charge in [-0.15, -0.1) is 0 Å². The third-order valence-corrected chi connectivity index (χ3v) is 3.65. The normalized spacial score (nSPS) is 11.7. The number of aromatic carboxylic acids is 1. The molecule has 0 saturated heterocycles. The molecule has 0 heterocycles. The van der Waals surface area contributed by atoms with Crippen LogP contribution in [0.4, 0.5) is 0 Å². The fourth-order valence-corrected chi connectivity index (χ4v) is 2.24. The maximum absolute atomic E-state index is 12.2. The van der Waals surface area contributed by atoms with Crippen LogP contribution in [0.15, 0.2) is 53.0 Å². The number of carboxylic acids is 1. The summed E-state index contributed by atoms with van der Waals surface area (Å²) < 4.78 is 0.959. The summed E-state index contributed by atoms with van der Waals surface area (Å²) in [6.45, 7) is 1.85. The van der Waals surface area contributed by atoms with Crippen molar-refractivity contribution >= 4 is 27.8 Å². The van der Waals surface area contributed by atoms with Gasteiger partial charge < -0.3 is 10.4 Å². The standard InChI is InChI=1S/C16H14BrNO3/c1-10(11-6-8-12(17)9-7-11)18-15(19)13-4-2-3-5-14(13)16(20)21/h2-10H,1H3,(H,18,19)(H,20,21). The topological polar surface area (TPSA) is 66.4 Å². The number of rotatable bonds is 4. The Balaban J connectivity index is 2.18. The maximum atomic E-state index is 12.2. The Morgan fingerprint density at radius 2 is 1.62 bits per heavy atom. The lowest BCUT2D eigenvalue weighted by Gasteiger charge is -2.15. The molecular formula is C16H14BrNO3. The molecule has 0 bridgehead atoms. The van der Waals surface area contributed by atoms with Gasteiger partial charge in [-0.2, -0.15) is 0 Å². The van der Waals surface area contributed by atoms with Crippen molar-refractivity contribution in [3.05, 3.63) is 69.7 Å². The van der Waals surface area contributed by atoms with Crippen LogP contribution in [0.1, 0.15) is 39.2 Å². The number of halogens is 1. The first-order chi connectivity index (χ1) is 9.99. The van der Waals surface area contributed by atoms with E-state index in [9.17, 15) is 9.59 Å². The van der Waals surface area contributed by atoms with Gasteiger partial charge in [0, 0.05) is 4.47 Å². The summed E-state index contributed by atoms with van der Waals surface area (Å²) in [4.78, 5) is 23.4. The van der Waals surface area contributed by atoms with Crippen LogP contribution in [0.3, 0.4) is 0 Å². The monoisotopic (exact) mass is 347 g/mol. The number of carbonyl (C=O) groups excluding carboxylic acids is 1. The van der Waals surface area contributed by atoms with Gasteiger partial charge in [-0.25, -0.2) is 4.79 Å². The number of hydrogen-bond donors (Lipinski definition) is 2. The molecule has 2 aromatic rings. The van der Waals surface area contributed by atoms with Crippen molar-refractivity contribution in [1.82, 2.24) is 5.32 Å². The molecular weight excluding hydrogens is 334 g/mol.